The number of carboxylic acid groups (broad SMARTS) is 1. The molecule has 0 aliphatic carbocycles. The molecule has 0 rings (SSSR count). The van der Waals surface area contributed by atoms with Gasteiger partial charge in [0.2, 0.25) is 0 Å². The summed E-state index contributed by atoms with van der Waals surface area (Å²) in [6.07, 6.45) is -1.39. The van der Waals surface area contributed by atoms with E-state index in [2.05, 4.69) is 0 Å². The Morgan fingerprint density at radius 1 is 1.33 bits per heavy atom. The molecule has 15 heavy (non-hydrogen) atoms. The van der Waals surface area contributed by atoms with Crippen molar-refractivity contribution in [2.45, 2.75) is 45.8 Å². The normalized spacial score (nSPS) is 15.5. The van der Waals surface area contributed by atoms with Crippen molar-refractivity contribution in [2.24, 2.45) is 5.92 Å². The average Bonchev–Trinajstić information content (AvgIpc) is 1.95. The number of ether oxygens (including phenoxy) is 1. The van der Waals surface area contributed by atoms with E-state index in [0.29, 0.717) is 0 Å². The van der Waals surface area contributed by atoms with Gasteiger partial charge in [0.1, 0.15) is 5.60 Å². The fourth-order valence-corrected chi connectivity index (χ4v) is 1.03. The summed E-state index contributed by atoms with van der Waals surface area (Å²) < 4.78 is 4.96. The van der Waals surface area contributed by atoms with Crippen LogP contribution in [0.5, 0.6) is 0 Å². The molecule has 88 valence electrons. The molecule has 0 bridgehead atoms. The van der Waals surface area contributed by atoms with Gasteiger partial charge in [-0.25, -0.2) is 0 Å². The van der Waals surface area contributed by atoms with Crippen molar-refractivity contribution in [3.8, 4) is 0 Å². The van der Waals surface area contributed by atoms with Crippen LogP contribution in [0, 0.1) is 5.92 Å². The van der Waals surface area contributed by atoms with Crippen molar-refractivity contribution in [1.29, 1.82) is 0 Å². The smallest absolute Gasteiger partial charge is 0.309 e. The van der Waals surface area contributed by atoms with Gasteiger partial charge in [0, 0.05) is 0 Å². The van der Waals surface area contributed by atoms with Gasteiger partial charge in [0.15, 0.2) is 0 Å². The Labute approximate surface area is 89.0 Å². The molecule has 0 radical (unpaired) electrons. The van der Waals surface area contributed by atoms with Crippen molar-refractivity contribution in [3.05, 3.63) is 0 Å². The van der Waals surface area contributed by atoms with Gasteiger partial charge in [-0.05, 0) is 27.7 Å². The minimum absolute atomic E-state index is 0.315. The lowest BCUT2D eigenvalue weighted by Crippen LogP contribution is -2.31. The monoisotopic (exact) mass is 218 g/mol. The molecule has 0 spiro atoms. The van der Waals surface area contributed by atoms with Crippen molar-refractivity contribution in [2.75, 3.05) is 0 Å². The predicted molar refractivity (Wildman–Crippen MR) is 53.3 cm³/mol. The summed E-state index contributed by atoms with van der Waals surface area (Å²) in [4.78, 5) is 22.0. The molecule has 0 aliphatic heterocycles. The Kier molecular flexibility index (Phi) is 4.74. The average molecular weight is 218 g/mol. The Hall–Kier alpha value is -1.10. The second kappa shape index (κ2) is 5.11. The van der Waals surface area contributed by atoms with E-state index in [1.54, 1.807) is 20.8 Å². The van der Waals surface area contributed by atoms with Crippen molar-refractivity contribution in [1.82, 2.24) is 0 Å². The van der Waals surface area contributed by atoms with Crippen LogP contribution in [0.3, 0.4) is 0 Å². The number of carboxylic acids is 1. The summed E-state index contributed by atoms with van der Waals surface area (Å²) in [6.45, 7) is 6.43. The van der Waals surface area contributed by atoms with Crippen LogP contribution in [0.2, 0.25) is 0 Å². The molecule has 0 amide bonds. The van der Waals surface area contributed by atoms with Gasteiger partial charge in [-0.1, -0.05) is 0 Å². The van der Waals surface area contributed by atoms with E-state index in [1.165, 1.54) is 6.92 Å². The van der Waals surface area contributed by atoms with Gasteiger partial charge in [0.25, 0.3) is 0 Å². The summed E-state index contributed by atoms with van der Waals surface area (Å²) in [6, 6.07) is 0. The van der Waals surface area contributed by atoms with E-state index < -0.39 is 29.6 Å². The molecule has 1 unspecified atom stereocenters. The van der Waals surface area contributed by atoms with E-state index in [1.807, 2.05) is 0 Å². The molecule has 0 fully saturated rings. The third-order valence-corrected chi connectivity index (χ3v) is 1.71. The molecule has 0 aromatic carbocycles. The van der Waals surface area contributed by atoms with Gasteiger partial charge >= 0.3 is 11.9 Å². The number of aliphatic hydroxyl groups excluding tert-OH is 1. The minimum atomic E-state index is -1.20. The first-order valence-corrected chi connectivity index (χ1v) is 4.76. The van der Waals surface area contributed by atoms with Gasteiger partial charge in [-0.15, -0.1) is 0 Å². The maximum atomic E-state index is 11.3. The minimum Gasteiger partial charge on any atom is -0.481 e. The van der Waals surface area contributed by atoms with Crippen LogP contribution in [-0.2, 0) is 14.3 Å². The van der Waals surface area contributed by atoms with Crippen LogP contribution < -0.4 is 0 Å². The molecule has 0 heterocycles. The van der Waals surface area contributed by atoms with Crippen molar-refractivity contribution in [3.63, 3.8) is 0 Å². The predicted octanol–water partition coefficient (Wildman–Crippen LogP) is 0.800. The molecule has 0 aromatic heterocycles. The fourth-order valence-electron chi connectivity index (χ4n) is 1.03. The molecule has 5 nitrogen and oxygen atoms in total. The van der Waals surface area contributed by atoms with Crippen LogP contribution in [0.1, 0.15) is 34.1 Å². The molecule has 2 atom stereocenters. The van der Waals surface area contributed by atoms with Gasteiger partial charge in [-0.2, -0.15) is 0 Å². The molecule has 2 N–H and O–H groups in total. The van der Waals surface area contributed by atoms with Crippen LogP contribution >= 0.6 is 0 Å². The number of carbonyl (C=O) groups is 2. The van der Waals surface area contributed by atoms with E-state index in [0.717, 1.165) is 0 Å². The van der Waals surface area contributed by atoms with Crippen LogP contribution in [-0.4, -0.2) is 33.9 Å². The highest BCUT2D eigenvalue weighted by molar-refractivity contribution is 5.79. The highest BCUT2D eigenvalue weighted by Gasteiger charge is 2.28. The largest absolute Gasteiger partial charge is 0.481 e. The summed E-state index contributed by atoms with van der Waals surface area (Å²) in [7, 11) is 0. The van der Waals surface area contributed by atoms with Crippen LogP contribution in [0.25, 0.3) is 0 Å². The maximum absolute atomic E-state index is 11.3. The zero-order valence-electron chi connectivity index (χ0n) is 9.48. The van der Waals surface area contributed by atoms with E-state index in [4.69, 9.17) is 14.9 Å². The Morgan fingerprint density at radius 3 is 2.07 bits per heavy atom. The van der Waals surface area contributed by atoms with Gasteiger partial charge in [0.05, 0.1) is 18.4 Å². The van der Waals surface area contributed by atoms with Crippen molar-refractivity contribution >= 4 is 11.9 Å². The topological polar surface area (TPSA) is 83.8 Å². The second-order valence-corrected chi connectivity index (χ2v) is 4.48. The quantitative estimate of drug-likeness (QED) is 0.682. The third kappa shape index (κ3) is 6.06. The Morgan fingerprint density at radius 2 is 1.80 bits per heavy atom. The number of hydrogen-bond acceptors (Lipinski definition) is 4. The third-order valence-electron chi connectivity index (χ3n) is 1.71. The number of carbonyl (C=O) groups excluding carboxylic acids is 1. The number of aliphatic carboxylic acids is 1. The summed E-state index contributed by atoms with van der Waals surface area (Å²) in [5.41, 5.74) is -0.640. The molecule has 0 aromatic rings. The highest BCUT2D eigenvalue weighted by Crippen LogP contribution is 2.14. The van der Waals surface area contributed by atoms with E-state index >= 15 is 0 Å². The summed E-state index contributed by atoms with van der Waals surface area (Å²) in [5, 5.41) is 17.9. The van der Waals surface area contributed by atoms with E-state index in [-0.39, 0.29) is 6.42 Å². The zero-order valence-corrected chi connectivity index (χ0v) is 9.48. The highest BCUT2D eigenvalue weighted by atomic mass is 16.6. The van der Waals surface area contributed by atoms with Gasteiger partial charge < -0.3 is 14.9 Å². The lowest BCUT2D eigenvalue weighted by Gasteiger charge is -2.21. The maximum Gasteiger partial charge on any atom is 0.309 e. The number of esters is 1. The number of aliphatic hydroxyl groups is 1. The Balaban J connectivity index is 4.31. The standard InChI is InChI=1S/C10H18O5/c1-6(11)7(9(13)14)5-8(12)15-10(2,3)4/h6-7,11H,5H2,1-4H3,(H,13,14)/t6-,7?/m0/s1. The zero-order chi connectivity index (χ0) is 12.2. The summed E-state index contributed by atoms with van der Waals surface area (Å²) >= 11 is 0. The van der Waals surface area contributed by atoms with Crippen LogP contribution in [0.15, 0.2) is 0 Å². The first kappa shape index (κ1) is 13.9. The number of rotatable bonds is 4. The van der Waals surface area contributed by atoms with Gasteiger partial charge in [-0.3, -0.25) is 9.59 Å². The first-order chi connectivity index (χ1) is 6.63. The SMILES string of the molecule is C[C@H](O)C(CC(=O)OC(C)(C)C)C(=O)O. The molecule has 5 heteroatoms. The summed E-state index contributed by atoms with van der Waals surface area (Å²) in [5.74, 6) is -2.92. The Bertz CT molecular complexity index is 239. The molecular formula is C10H18O5. The van der Waals surface area contributed by atoms with Crippen LogP contribution in [0.4, 0.5) is 0 Å². The lowest BCUT2D eigenvalue weighted by atomic mass is 10.00. The molecular weight excluding hydrogens is 200 g/mol. The van der Waals surface area contributed by atoms with E-state index in [9.17, 15) is 9.59 Å². The molecule has 0 saturated heterocycles. The van der Waals surface area contributed by atoms with Crippen molar-refractivity contribution < 1.29 is 24.5 Å². The molecule has 0 aliphatic rings. The number of hydrogen-bond donors (Lipinski definition) is 2. The first-order valence-electron chi connectivity index (χ1n) is 4.76. The molecule has 0 saturated carbocycles. The second-order valence-electron chi connectivity index (χ2n) is 4.48. The lowest BCUT2D eigenvalue weighted by molar-refractivity contribution is -0.162. The fraction of sp³-hybridized carbons (Fsp3) is 0.800.